The van der Waals surface area contributed by atoms with Gasteiger partial charge in [0, 0.05) is 36.8 Å². The van der Waals surface area contributed by atoms with Crippen LogP contribution in [0, 0.1) is 0 Å². The van der Waals surface area contributed by atoms with Gasteiger partial charge in [-0.2, -0.15) is 0 Å². The highest BCUT2D eigenvalue weighted by atomic mass is 79.9. The van der Waals surface area contributed by atoms with Crippen molar-refractivity contribution in [2.45, 2.75) is 31.3 Å². The van der Waals surface area contributed by atoms with E-state index in [0.29, 0.717) is 11.7 Å². The van der Waals surface area contributed by atoms with E-state index >= 15 is 0 Å². The van der Waals surface area contributed by atoms with Crippen LogP contribution >= 0.6 is 15.9 Å². The molecule has 1 aromatic heterocycles. The summed E-state index contributed by atoms with van der Waals surface area (Å²) in [6, 6.07) is 1.12. The van der Waals surface area contributed by atoms with E-state index < -0.39 is 12.0 Å². The molecule has 1 heterocycles. The van der Waals surface area contributed by atoms with Gasteiger partial charge in [-0.1, -0.05) is 0 Å². The summed E-state index contributed by atoms with van der Waals surface area (Å²) in [6.07, 6.45) is 4.20. The van der Waals surface area contributed by atoms with Gasteiger partial charge in [0.25, 0.3) is 5.91 Å². The lowest BCUT2D eigenvalue weighted by molar-refractivity contribution is -0.139. The summed E-state index contributed by atoms with van der Waals surface area (Å²) >= 11 is 3.35. The number of nitrogens with one attached hydrogen (secondary N) is 1. The number of carboxylic acid groups (broad SMARTS) is 1. The number of methoxy groups -OCH3 is 1. The van der Waals surface area contributed by atoms with Crippen LogP contribution < -0.4 is 5.32 Å². The van der Waals surface area contributed by atoms with Crippen molar-refractivity contribution in [3.63, 3.8) is 0 Å². The maximum atomic E-state index is 12.2. The normalized spacial score (nSPS) is 15.9. The summed E-state index contributed by atoms with van der Waals surface area (Å²) < 4.78 is 7.57. The number of ether oxygens (including phenoxy) is 1. The minimum atomic E-state index is -1.06. The average molecular weight is 345 g/mol. The van der Waals surface area contributed by atoms with Crippen molar-refractivity contribution in [1.82, 2.24) is 9.88 Å². The van der Waals surface area contributed by atoms with Crippen LogP contribution in [0.15, 0.2) is 16.7 Å². The summed E-state index contributed by atoms with van der Waals surface area (Å²) in [5.74, 6) is -1.43. The van der Waals surface area contributed by atoms with Crippen molar-refractivity contribution in [1.29, 1.82) is 0 Å². The Morgan fingerprint density at radius 2 is 2.30 bits per heavy atom. The third kappa shape index (κ3) is 3.61. The summed E-state index contributed by atoms with van der Waals surface area (Å²) in [5.41, 5.74) is 0.489. The lowest BCUT2D eigenvalue weighted by Gasteiger charge is -2.15. The second-order valence-electron chi connectivity index (χ2n) is 4.83. The number of rotatable bonds is 7. The Balaban J connectivity index is 2.08. The monoisotopic (exact) mass is 344 g/mol. The molecule has 1 aliphatic carbocycles. The molecule has 110 valence electrons. The molecule has 1 amide bonds. The highest BCUT2D eigenvalue weighted by molar-refractivity contribution is 9.10. The zero-order valence-corrected chi connectivity index (χ0v) is 12.7. The Kier molecular flexibility index (Phi) is 4.82. The second kappa shape index (κ2) is 6.41. The van der Waals surface area contributed by atoms with E-state index in [-0.39, 0.29) is 18.9 Å². The molecule has 1 fully saturated rings. The van der Waals surface area contributed by atoms with Crippen molar-refractivity contribution in [3.8, 4) is 0 Å². The maximum absolute atomic E-state index is 12.2. The third-order valence-corrected chi connectivity index (χ3v) is 3.64. The molecule has 0 bridgehead atoms. The number of aliphatic carboxylic acids is 1. The van der Waals surface area contributed by atoms with Gasteiger partial charge in [-0.25, -0.2) is 4.79 Å². The van der Waals surface area contributed by atoms with Crippen LogP contribution in [0.3, 0.4) is 0 Å². The highest BCUT2D eigenvalue weighted by Gasteiger charge is 2.29. The highest BCUT2D eigenvalue weighted by Crippen LogP contribution is 2.37. The molecular weight excluding hydrogens is 328 g/mol. The summed E-state index contributed by atoms with van der Waals surface area (Å²) in [5, 5.41) is 11.6. The largest absolute Gasteiger partial charge is 0.480 e. The lowest BCUT2D eigenvalue weighted by atomic mass is 10.2. The molecule has 20 heavy (non-hydrogen) atoms. The number of halogens is 1. The van der Waals surface area contributed by atoms with Crippen LogP contribution in [0.2, 0.25) is 0 Å². The topological polar surface area (TPSA) is 80.6 Å². The van der Waals surface area contributed by atoms with Crippen LogP contribution in [0.1, 0.15) is 35.8 Å². The molecule has 0 spiro atoms. The minimum absolute atomic E-state index is 0.239. The SMILES string of the molecule is COCCC(NC(=O)c1cc(Br)cn1C1CC1)C(=O)O. The smallest absolute Gasteiger partial charge is 0.326 e. The molecule has 1 aromatic rings. The van der Waals surface area contributed by atoms with E-state index in [1.807, 2.05) is 10.8 Å². The second-order valence-corrected chi connectivity index (χ2v) is 5.74. The predicted molar refractivity (Wildman–Crippen MR) is 75.8 cm³/mol. The average Bonchev–Trinajstić information content (AvgIpc) is 3.16. The Labute approximate surface area is 125 Å². The number of carbonyl (C=O) groups excluding carboxylic acids is 1. The van der Waals surface area contributed by atoms with Crippen LogP contribution in [0.4, 0.5) is 0 Å². The molecule has 0 radical (unpaired) electrons. The first kappa shape index (κ1) is 15.1. The molecular formula is C13H17BrN2O4. The molecule has 7 heteroatoms. The van der Waals surface area contributed by atoms with Gasteiger partial charge in [0.15, 0.2) is 0 Å². The first-order chi connectivity index (χ1) is 9.52. The van der Waals surface area contributed by atoms with Gasteiger partial charge in [0.1, 0.15) is 11.7 Å². The molecule has 6 nitrogen and oxygen atoms in total. The van der Waals surface area contributed by atoms with E-state index in [0.717, 1.165) is 17.3 Å². The van der Waals surface area contributed by atoms with Crippen molar-refractivity contribution in [3.05, 3.63) is 22.4 Å². The summed E-state index contributed by atoms with van der Waals surface area (Å²) in [7, 11) is 1.50. The number of carboxylic acids is 1. The van der Waals surface area contributed by atoms with Gasteiger partial charge < -0.3 is 19.7 Å². The van der Waals surface area contributed by atoms with Crippen molar-refractivity contribution in [2.75, 3.05) is 13.7 Å². The standard InChI is InChI=1S/C13H17BrN2O4/c1-20-5-4-10(13(18)19)15-12(17)11-6-8(14)7-16(11)9-2-3-9/h6-7,9-10H,2-5H2,1H3,(H,15,17)(H,18,19). The number of carbonyl (C=O) groups is 2. The zero-order chi connectivity index (χ0) is 14.7. The Hall–Kier alpha value is -1.34. The number of hydrogen-bond acceptors (Lipinski definition) is 3. The van der Waals surface area contributed by atoms with Gasteiger partial charge in [-0.05, 0) is 34.8 Å². The molecule has 0 saturated heterocycles. The minimum Gasteiger partial charge on any atom is -0.480 e. The number of hydrogen-bond donors (Lipinski definition) is 2. The van der Waals surface area contributed by atoms with Gasteiger partial charge in [0.05, 0.1) is 0 Å². The zero-order valence-electron chi connectivity index (χ0n) is 11.1. The fourth-order valence-electron chi connectivity index (χ4n) is 2.01. The molecule has 2 N–H and O–H groups in total. The van der Waals surface area contributed by atoms with Crippen LogP contribution in [-0.2, 0) is 9.53 Å². The molecule has 0 aliphatic heterocycles. The fourth-order valence-corrected chi connectivity index (χ4v) is 2.45. The van der Waals surface area contributed by atoms with Gasteiger partial charge >= 0.3 is 5.97 Å². The van der Waals surface area contributed by atoms with Crippen LogP contribution in [-0.4, -0.2) is 41.3 Å². The Morgan fingerprint density at radius 3 is 2.85 bits per heavy atom. The molecule has 0 aromatic carbocycles. The Bertz CT molecular complexity index is 510. The molecule has 1 atom stereocenters. The third-order valence-electron chi connectivity index (χ3n) is 3.20. The van der Waals surface area contributed by atoms with Crippen molar-refractivity contribution >= 4 is 27.8 Å². The van der Waals surface area contributed by atoms with Crippen molar-refractivity contribution in [2.24, 2.45) is 0 Å². The van der Waals surface area contributed by atoms with E-state index in [4.69, 9.17) is 9.84 Å². The van der Waals surface area contributed by atoms with Crippen LogP contribution in [0.5, 0.6) is 0 Å². The predicted octanol–water partition coefficient (Wildman–Crippen LogP) is 1.80. The number of aromatic nitrogens is 1. The number of nitrogens with zero attached hydrogens (tertiary/aromatic N) is 1. The van der Waals surface area contributed by atoms with Crippen molar-refractivity contribution < 1.29 is 19.4 Å². The number of amides is 1. The lowest BCUT2D eigenvalue weighted by Crippen LogP contribution is -2.42. The molecule has 2 rings (SSSR count). The molecule has 1 aliphatic rings. The van der Waals surface area contributed by atoms with E-state index in [2.05, 4.69) is 21.2 Å². The summed E-state index contributed by atoms with van der Waals surface area (Å²) in [6.45, 7) is 0.282. The van der Waals surface area contributed by atoms with Crippen LogP contribution in [0.25, 0.3) is 0 Å². The fraction of sp³-hybridized carbons (Fsp3) is 0.538. The summed E-state index contributed by atoms with van der Waals surface area (Å²) in [4.78, 5) is 23.4. The first-order valence-electron chi connectivity index (χ1n) is 6.43. The Morgan fingerprint density at radius 1 is 1.60 bits per heavy atom. The van der Waals surface area contributed by atoms with Gasteiger partial charge in [-0.3, -0.25) is 4.79 Å². The van der Waals surface area contributed by atoms with Gasteiger partial charge in [-0.15, -0.1) is 0 Å². The van der Waals surface area contributed by atoms with E-state index in [9.17, 15) is 9.59 Å². The molecule has 1 unspecified atom stereocenters. The maximum Gasteiger partial charge on any atom is 0.326 e. The van der Waals surface area contributed by atoms with E-state index in [1.54, 1.807) is 6.07 Å². The first-order valence-corrected chi connectivity index (χ1v) is 7.22. The molecule has 1 saturated carbocycles. The quantitative estimate of drug-likeness (QED) is 0.790. The van der Waals surface area contributed by atoms with E-state index in [1.165, 1.54) is 7.11 Å². The van der Waals surface area contributed by atoms with Gasteiger partial charge in [0.2, 0.25) is 0 Å².